The number of carbonyl (C=O) groups excluding carboxylic acids is 3. The zero-order valence-corrected chi connectivity index (χ0v) is 19.3. The molecule has 10 heteroatoms. The third-order valence-corrected chi connectivity index (χ3v) is 5.94. The van der Waals surface area contributed by atoms with Gasteiger partial charge in [0.15, 0.2) is 0 Å². The first kappa shape index (κ1) is 24.7. The first-order valence-corrected chi connectivity index (χ1v) is 10.6. The highest BCUT2D eigenvalue weighted by Gasteiger charge is 2.51. The third-order valence-electron chi connectivity index (χ3n) is 5.94. The Morgan fingerprint density at radius 2 is 1.71 bits per heavy atom. The summed E-state index contributed by atoms with van der Waals surface area (Å²) in [4.78, 5) is 52.2. The van der Waals surface area contributed by atoms with E-state index in [1.807, 2.05) is 20.8 Å². The first-order valence-electron chi connectivity index (χ1n) is 10.6. The van der Waals surface area contributed by atoms with Crippen molar-refractivity contribution in [3.63, 3.8) is 0 Å². The number of carboxylic acid groups (broad SMARTS) is 1. The van der Waals surface area contributed by atoms with Crippen LogP contribution in [0.5, 0.6) is 0 Å². The number of nitrogens with one attached hydrogen (secondary N) is 1. The Hall–Kier alpha value is -2.52. The SMILES string of the molecule is COC(=O)NC(C(=O)N1CC2(CCN(C(=O)OC(C)(C)C)CC2)CC1C(=O)O)C(C)C. The highest BCUT2D eigenvalue weighted by atomic mass is 16.6. The van der Waals surface area contributed by atoms with Crippen molar-refractivity contribution in [2.45, 2.75) is 71.6 Å². The van der Waals surface area contributed by atoms with Crippen molar-refractivity contribution in [3.05, 3.63) is 0 Å². The molecule has 2 aliphatic heterocycles. The molecule has 176 valence electrons. The normalized spacial score (nSPS) is 21.7. The lowest BCUT2D eigenvalue weighted by Gasteiger charge is -2.39. The van der Waals surface area contributed by atoms with Gasteiger partial charge in [0.05, 0.1) is 7.11 Å². The molecule has 0 aromatic rings. The topological polar surface area (TPSA) is 125 Å². The average molecular weight is 442 g/mol. The number of ether oxygens (including phenoxy) is 2. The van der Waals surface area contributed by atoms with E-state index in [0.29, 0.717) is 32.4 Å². The Labute approximate surface area is 183 Å². The molecule has 10 nitrogen and oxygen atoms in total. The monoisotopic (exact) mass is 441 g/mol. The molecule has 2 unspecified atom stereocenters. The highest BCUT2D eigenvalue weighted by Crippen LogP contribution is 2.44. The standard InChI is InChI=1S/C21H35N3O7/c1-13(2)15(22-18(28)30-6)16(25)24-12-21(11-14(24)17(26)27)7-9-23(10-8-21)19(29)31-20(3,4)5/h13-15H,7-12H2,1-6H3,(H,22,28)(H,26,27). The number of methoxy groups -OCH3 is 1. The molecule has 0 saturated carbocycles. The van der Waals surface area contributed by atoms with Crippen LogP contribution in [-0.4, -0.2) is 83.4 Å². The van der Waals surface area contributed by atoms with Gasteiger partial charge in [0.1, 0.15) is 17.7 Å². The van der Waals surface area contributed by atoms with Crippen LogP contribution in [0.4, 0.5) is 9.59 Å². The number of piperidine rings is 1. The van der Waals surface area contributed by atoms with Crippen molar-refractivity contribution >= 4 is 24.1 Å². The fraction of sp³-hybridized carbons (Fsp3) is 0.810. The third kappa shape index (κ3) is 6.01. The van der Waals surface area contributed by atoms with Gasteiger partial charge < -0.3 is 29.7 Å². The molecule has 3 amide bonds. The molecule has 31 heavy (non-hydrogen) atoms. The van der Waals surface area contributed by atoms with Crippen molar-refractivity contribution in [1.29, 1.82) is 0 Å². The minimum Gasteiger partial charge on any atom is -0.480 e. The molecular formula is C21H35N3O7. The maximum atomic E-state index is 13.2. The number of alkyl carbamates (subject to hydrolysis) is 1. The summed E-state index contributed by atoms with van der Waals surface area (Å²) in [6.45, 7) is 10.1. The summed E-state index contributed by atoms with van der Waals surface area (Å²) >= 11 is 0. The number of aliphatic carboxylic acids is 1. The molecule has 2 rings (SSSR count). The van der Waals surface area contributed by atoms with Gasteiger partial charge in [0.25, 0.3) is 0 Å². The molecule has 2 N–H and O–H groups in total. The van der Waals surface area contributed by atoms with Crippen molar-refractivity contribution < 1.29 is 33.8 Å². The summed E-state index contributed by atoms with van der Waals surface area (Å²) in [6.07, 6.45) is 0.357. The summed E-state index contributed by atoms with van der Waals surface area (Å²) in [5.41, 5.74) is -0.973. The molecule has 1 spiro atoms. The fourth-order valence-electron chi connectivity index (χ4n) is 4.24. The number of carboxylic acids is 1. The van der Waals surface area contributed by atoms with Gasteiger partial charge in [0, 0.05) is 19.6 Å². The largest absolute Gasteiger partial charge is 0.480 e. The van der Waals surface area contributed by atoms with Gasteiger partial charge in [-0.1, -0.05) is 13.8 Å². The Morgan fingerprint density at radius 1 is 1.13 bits per heavy atom. The van der Waals surface area contributed by atoms with E-state index in [0.717, 1.165) is 0 Å². The van der Waals surface area contributed by atoms with Gasteiger partial charge in [-0.05, 0) is 51.4 Å². The number of hydrogen-bond acceptors (Lipinski definition) is 6. The van der Waals surface area contributed by atoms with Crippen LogP contribution in [0, 0.1) is 11.3 Å². The Bertz CT molecular complexity index is 708. The summed E-state index contributed by atoms with van der Waals surface area (Å²) in [5, 5.41) is 12.3. The van der Waals surface area contributed by atoms with Gasteiger partial charge in [-0.2, -0.15) is 0 Å². The van der Waals surface area contributed by atoms with Crippen molar-refractivity contribution in [1.82, 2.24) is 15.1 Å². The number of nitrogens with zero attached hydrogens (tertiary/aromatic N) is 2. The Morgan fingerprint density at radius 3 is 2.16 bits per heavy atom. The van der Waals surface area contributed by atoms with E-state index in [1.54, 1.807) is 18.7 Å². The smallest absolute Gasteiger partial charge is 0.410 e. The van der Waals surface area contributed by atoms with Crippen LogP contribution >= 0.6 is 0 Å². The number of likely N-dealkylation sites (tertiary alicyclic amines) is 2. The lowest BCUT2D eigenvalue weighted by Crippen LogP contribution is -2.54. The molecule has 0 aromatic carbocycles. The first-order chi connectivity index (χ1) is 14.3. The predicted molar refractivity (Wildman–Crippen MR) is 111 cm³/mol. The lowest BCUT2D eigenvalue weighted by molar-refractivity contribution is -0.149. The van der Waals surface area contributed by atoms with Gasteiger partial charge in [-0.25, -0.2) is 14.4 Å². The zero-order valence-electron chi connectivity index (χ0n) is 19.3. The van der Waals surface area contributed by atoms with E-state index in [-0.39, 0.29) is 24.0 Å². The van der Waals surface area contributed by atoms with Gasteiger partial charge in [-0.3, -0.25) is 4.79 Å². The van der Waals surface area contributed by atoms with Crippen LogP contribution in [0.3, 0.4) is 0 Å². The summed E-state index contributed by atoms with van der Waals surface area (Å²) < 4.78 is 10.0. The van der Waals surface area contributed by atoms with Crippen LogP contribution in [0.25, 0.3) is 0 Å². The molecule has 2 fully saturated rings. The molecule has 2 heterocycles. The Balaban J connectivity index is 2.13. The van der Waals surface area contributed by atoms with Crippen LogP contribution in [-0.2, 0) is 19.1 Å². The van der Waals surface area contributed by atoms with Crippen LogP contribution in [0.2, 0.25) is 0 Å². The second-order valence-corrected chi connectivity index (χ2v) is 9.85. The molecule has 2 saturated heterocycles. The minimum atomic E-state index is -1.07. The fourth-order valence-corrected chi connectivity index (χ4v) is 4.24. The van der Waals surface area contributed by atoms with Crippen molar-refractivity contribution in [2.75, 3.05) is 26.7 Å². The van der Waals surface area contributed by atoms with Gasteiger partial charge in [0.2, 0.25) is 5.91 Å². The van der Waals surface area contributed by atoms with Crippen LogP contribution < -0.4 is 5.32 Å². The van der Waals surface area contributed by atoms with E-state index < -0.39 is 35.7 Å². The Kier molecular flexibility index (Phi) is 7.44. The molecule has 0 aliphatic carbocycles. The molecule has 0 radical (unpaired) electrons. The second kappa shape index (κ2) is 9.32. The summed E-state index contributed by atoms with van der Waals surface area (Å²) in [6, 6.07) is -1.85. The highest BCUT2D eigenvalue weighted by molar-refractivity contribution is 5.90. The van der Waals surface area contributed by atoms with Crippen molar-refractivity contribution in [2.24, 2.45) is 11.3 Å². The van der Waals surface area contributed by atoms with E-state index in [2.05, 4.69) is 10.1 Å². The van der Waals surface area contributed by atoms with E-state index in [1.165, 1.54) is 12.0 Å². The van der Waals surface area contributed by atoms with Crippen LogP contribution in [0.15, 0.2) is 0 Å². The second-order valence-electron chi connectivity index (χ2n) is 9.85. The van der Waals surface area contributed by atoms with E-state index in [4.69, 9.17) is 4.74 Å². The quantitative estimate of drug-likeness (QED) is 0.684. The number of rotatable bonds is 4. The van der Waals surface area contributed by atoms with Gasteiger partial charge >= 0.3 is 18.2 Å². The number of hydrogen-bond donors (Lipinski definition) is 2. The van der Waals surface area contributed by atoms with Crippen molar-refractivity contribution in [3.8, 4) is 0 Å². The number of carbonyl (C=O) groups is 4. The lowest BCUT2D eigenvalue weighted by atomic mass is 9.76. The predicted octanol–water partition coefficient (Wildman–Crippen LogP) is 2.07. The molecular weight excluding hydrogens is 406 g/mol. The summed E-state index contributed by atoms with van der Waals surface area (Å²) in [7, 11) is 1.21. The maximum Gasteiger partial charge on any atom is 0.410 e. The van der Waals surface area contributed by atoms with E-state index in [9.17, 15) is 24.3 Å². The zero-order chi connectivity index (χ0) is 23.6. The average Bonchev–Trinajstić information content (AvgIpc) is 3.03. The minimum absolute atomic E-state index is 0.244. The van der Waals surface area contributed by atoms with Crippen LogP contribution in [0.1, 0.15) is 53.9 Å². The van der Waals surface area contributed by atoms with Gasteiger partial charge in [-0.15, -0.1) is 0 Å². The molecule has 0 aromatic heterocycles. The summed E-state index contributed by atoms with van der Waals surface area (Å²) in [5.74, 6) is -1.74. The number of amides is 3. The maximum absolute atomic E-state index is 13.2. The molecule has 2 atom stereocenters. The van der Waals surface area contributed by atoms with E-state index >= 15 is 0 Å². The molecule has 0 bridgehead atoms. The molecule has 2 aliphatic rings.